The summed E-state index contributed by atoms with van der Waals surface area (Å²) in [6, 6.07) is 10.2. The fraction of sp³-hybridized carbons (Fsp3) is 0.143. The molecule has 0 heterocycles. The van der Waals surface area contributed by atoms with E-state index in [0.717, 1.165) is 5.56 Å². The van der Waals surface area contributed by atoms with Gasteiger partial charge < -0.3 is 10.5 Å². The predicted octanol–water partition coefficient (Wildman–Crippen LogP) is 3.39. The third-order valence-corrected chi connectivity index (χ3v) is 2.67. The number of aryl methyl sites for hydroxylation is 1. The van der Waals surface area contributed by atoms with Crippen molar-refractivity contribution in [2.24, 2.45) is 0 Å². The molecular weight excluding hydrogens is 217 g/mol. The molecule has 0 atom stereocenters. The van der Waals surface area contributed by atoms with Crippen molar-refractivity contribution in [1.29, 1.82) is 0 Å². The molecule has 17 heavy (non-hydrogen) atoms. The third-order valence-electron chi connectivity index (χ3n) is 2.67. The molecule has 0 radical (unpaired) electrons. The van der Waals surface area contributed by atoms with E-state index >= 15 is 0 Å². The molecule has 0 fully saturated rings. The van der Waals surface area contributed by atoms with Crippen LogP contribution in [0.2, 0.25) is 0 Å². The summed E-state index contributed by atoms with van der Waals surface area (Å²) in [7, 11) is 1.55. The zero-order valence-corrected chi connectivity index (χ0v) is 9.83. The fourth-order valence-corrected chi connectivity index (χ4v) is 1.77. The van der Waals surface area contributed by atoms with Crippen LogP contribution >= 0.6 is 0 Å². The van der Waals surface area contributed by atoms with Gasteiger partial charge in [0.05, 0.1) is 7.11 Å². The van der Waals surface area contributed by atoms with Gasteiger partial charge in [-0.1, -0.05) is 12.1 Å². The Balaban J connectivity index is 2.59. The Morgan fingerprint density at radius 1 is 1.06 bits per heavy atom. The van der Waals surface area contributed by atoms with E-state index in [1.807, 2.05) is 25.1 Å². The topological polar surface area (TPSA) is 35.2 Å². The van der Waals surface area contributed by atoms with E-state index in [0.29, 0.717) is 22.6 Å². The number of benzene rings is 2. The number of ether oxygens (including phenoxy) is 1. The van der Waals surface area contributed by atoms with Gasteiger partial charge in [-0.2, -0.15) is 0 Å². The molecule has 2 rings (SSSR count). The second-order valence-corrected chi connectivity index (χ2v) is 3.94. The minimum absolute atomic E-state index is 0.304. The summed E-state index contributed by atoms with van der Waals surface area (Å²) in [6.45, 7) is 1.95. The Morgan fingerprint density at radius 3 is 2.47 bits per heavy atom. The largest absolute Gasteiger partial charge is 0.497 e. The third kappa shape index (κ3) is 2.23. The smallest absolute Gasteiger partial charge is 0.131 e. The number of rotatable bonds is 2. The highest BCUT2D eigenvalue weighted by molar-refractivity contribution is 5.77. The monoisotopic (exact) mass is 231 g/mol. The van der Waals surface area contributed by atoms with Crippen molar-refractivity contribution in [3.05, 3.63) is 47.8 Å². The number of anilines is 1. The lowest BCUT2D eigenvalue weighted by molar-refractivity contribution is 0.414. The summed E-state index contributed by atoms with van der Waals surface area (Å²) < 4.78 is 18.8. The maximum atomic E-state index is 13.8. The number of hydrogen-bond donors (Lipinski definition) is 1. The van der Waals surface area contributed by atoms with Gasteiger partial charge >= 0.3 is 0 Å². The van der Waals surface area contributed by atoms with Crippen LogP contribution < -0.4 is 10.5 Å². The number of halogens is 1. The predicted molar refractivity (Wildman–Crippen MR) is 67.5 cm³/mol. The highest BCUT2D eigenvalue weighted by Crippen LogP contribution is 2.31. The molecule has 0 aliphatic carbocycles. The molecule has 0 aromatic heterocycles. The molecule has 0 saturated carbocycles. The summed E-state index contributed by atoms with van der Waals surface area (Å²) in [5.41, 5.74) is 8.67. The standard InChI is InChI=1S/C14H14FNO/c1-9-3-5-11(14(16)7-9)12-8-10(17-2)4-6-13(12)15/h3-8H,16H2,1-2H3. The van der Waals surface area contributed by atoms with Gasteiger partial charge in [-0.15, -0.1) is 0 Å². The molecule has 88 valence electrons. The fourth-order valence-electron chi connectivity index (χ4n) is 1.77. The molecule has 2 aromatic rings. The Bertz CT molecular complexity index is 552. The van der Waals surface area contributed by atoms with Gasteiger partial charge in [-0.25, -0.2) is 4.39 Å². The van der Waals surface area contributed by atoms with Gasteiger partial charge in [0.25, 0.3) is 0 Å². The first-order valence-electron chi connectivity index (χ1n) is 5.32. The molecule has 0 aliphatic heterocycles. The van der Waals surface area contributed by atoms with Crippen molar-refractivity contribution in [1.82, 2.24) is 0 Å². The van der Waals surface area contributed by atoms with E-state index in [-0.39, 0.29) is 5.82 Å². The molecule has 2 nitrogen and oxygen atoms in total. The molecule has 0 spiro atoms. The van der Waals surface area contributed by atoms with Crippen LogP contribution in [0.5, 0.6) is 5.75 Å². The SMILES string of the molecule is COc1ccc(F)c(-c2ccc(C)cc2N)c1. The lowest BCUT2D eigenvalue weighted by Gasteiger charge is -2.09. The average Bonchev–Trinajstić information content (AvgIpc) is 2.30. The zero-order valence-electron chi connectivity index (χ0n) is 9.83. The highest BCUT2D eigenvalue weighted by Gasteiger charge is 2.09. The minimum Gasteiger partial charge on any atom is -0.497 e. The first-order chi connectivity index (χ1) is 8.11. The molecule has 0 unspecified atom stereocenters. The summed E-state index contributed by atoms with van der Waals surface area (Å²) in [6.07, 6.45) is 0. The lowest BCUT2D eigenvalue weighted by atomic mass is 10.0. The van der Waals surface area contributed by atoms with Crippen molar-refractivity contribution in [3.8, 4) is 16.9 Å². The van der Waals surface area contributed by atoms with Crippen molar-refractivity contribution in [2.75, 3.05) is 12.8 Å². The Hall–Kier alpha value is -2.03. The van der Waals surface area contributed by atoms with E-state index in [9.17, 15) is 4.39 Å². The molecule has 0 aliphatic rings. The van der Waals surface area contributed by atoms with Gasteiger partial charge in [-0.05, 0) is 36.8 Å². The van der Waals surface area contributed by atoms with E-state index in [1.54, 1.807) is 19.2 Å². The molecular formula is C14H14FNO. The number of methoxy groups -OCH3 is 1. The van der Waals surface area contributed by atoms with Crippen LogP contribution in [0.15, 0.2) is 36.4 Å². The van der Waals surface area contributed by atoms with E-state index in [4.69, 9.17) is 10.5 Å². The van der Waals surface area contributed by atoms with Crippen LogP contribution in [-0.2, 0) is 0 Å². The van der Waals surface area contributed by atoms with Gasteiger partial charge in [0.2, 0.25) is 0 Å². The van der Waals surface area contributed by atoms with E-state index in [1.165, 1.54) is 6.07 Å². The van der Waals surface area contributed by atoms with Gasteiger partial charge in [-0.3, -0.25) is 0 Å². The molecule has 3 heteroatoms. The second kappa shape index (κ2) is 4.45. The van der Waals surface area contributed by atoms with Crippen molar-refractivity contribution in [2.45, 2.75) is 6.92 Å². The van der Waals surface area contributed by atoms with Crippen molar-refractivity contribution < 1.29 is 9.13 Å². The van der Waals surface area contributed by atoms with Crippen LogP contribution in [0.3, 0.4) is 0 Å². The Labute approximate surface area is 99.8 Å². The van der Waals surface area contributed by atoms with Gasteiger partial charge in [0.1, 0.15) is 11.6 Å². The Morgan fingerprint density at radius 2 is 1.82 bits per heavy atom. The number of hydrogen-bond acceptors (Lipinski definition) is 2. The summed E-state index contributed by atoms with van der Waals surface area (Å²) >= 11 is 0. The normalized spacial score (nSPS) is 10.3. The molecule has 0 saturated heterocycles. The van der Waals surface area contributed by atoms with Crippen LogP contribution in [0.1, 0.15) is 5.56 Å². The van der Waals surface area contributed by atoms with Crippen LogP contribution in [0.4, 0.5) is 10.1 Å². The maximum Gasteiger partial charge on any atom is 0.131 e. The van der Waals surface area contributed by atoms with Crippen LogP contribution in [0.25, 0.3) is 11.1 Å². The molecule has 0 bridgehead atoms. The van der Waals surface area contributed by atoms with Crippen LogP contribution in [0, 0.1) is 12.7 Å². The number of nitrogens with two attached hydrogens (primary N) is 1. The average molecular weight is 231 g/mol. The quantitative estimate of drug-likeness (QED) is 0.804. The molecule has 2 N–H and O–H groups in total. The minimum atomic E-state index is -0.304. The maximum absolute atomic E-state index is 13.8. The summed E-state index contributed by atoms with van der Waals surface area (Å²) in [5, 5.41) is 0. The highest BCUT2D eigenvalue weighted by atomic mass is 19.1. The first kappa shape index (κ1) is 11.5. The first-order valence-corrected chi connectivity index (χ1v) is 5.32. The van der Waals surface area contributed by atoms with E-state index < -0.39 is 0 Å². The van der Waals surface area contributed by atoms with Crippen LogP contribution in [-0.4, -0.2) is 7.11 Å². The second-order valence-electron chi connectivity index (χ2n) is 3.94. The zero-order chi connectivity index (χ0) is 12.4. The molecule has 0 amide bonds. The van der Waals surface area contributed by atoms with E-state index in [2.05, 4.69) is 0 Å². The van der Waals surface area contributed by atoms with Gasteiger partial charge in [0, 0.05) is 16.8 Å². The van der Waals surface area contributed by atoms with Crippen molar-refractivity contribution in [3.63, 3.8) is 0 Å². The summed E-state index contributed by atoms with van der Waals surface area (Å²) in [4.78, 5) is 0. The van der Waals surface area contributed by atoms with Gasteiger partial charge in [0.15, 0.2) is 0 Å². The Kier molecular flexibility index (Phi) is 3.00. The number of nitrogen functional groups attached to an aromatic ring is 1. The van der Waals surface area contributed by atoms with Crippen molar-refractivity contribution >= 4 is 5.69 Å². The molecule has 2 aromatic carbocycles. The summed E-state index contributed by atoms with van der Waals surface area (Å²) in [5.74, 6) is 0.308. The lowest BCUT2D eigenvalue weighted by Crippen LogP contribution is -1.94.